The molecule has 0 unspecified atom stereocenters. The van der Waals surface area contributed by atoms with Crippen LogP contribution in [0.25, 0.3) is 0 Å². The Balaban J connectivity index is 1.99. The number of carbonyl (C=O) groups excluding carboxylic acids is 2. The summed E-state index contributed by atoms with van der Waals surface area (Å²) in [6, 6.07) is 0.199. The lowest BCUT2D eigenvalue weighted by Crippen LogP contribution is -2.30. The Labute approximate surface area is 95.0 Å². The third kappa shape index (κ3) is 2.60. The number of imide groups is 1. The van der Waals surface area contributed by atoms with Gasteiger partial charge in [0.05, 0.1) is 12.1 Å². The molecule has 1 aromatic heterocycles. The van der Waals surface area contributed by atoms with Crippen LogP contribution >= 0.6 is 0 Å². The Hall–Kier alpha value is -2.38. The maximum absolute atomic E-state index is 11.2. The highest BCUT2D eigenvalue weighted by Crippen LogP contribution is 2.09. The normalized spacial score (nSPS) is 18.9. The molecule has 0 spiro atoms. The van der Waals surface area contributed by atoms with Crippen LogP contribution in [0.15, 0.2) is 10.6 Å². The van der Waals surface area contributed by atoms with Crippen LogP contribution in [0.2, 0.25) is 0 Å². The molecule has 2 heterocycles. The summed E-state index contributed by atoms with van der Waals surface area (Å²) < 4.78 is 4.87. The van der Waals surface area contributed by atoms with E-state index in [-0.39, 0.29) is 18.5 Å². The van der Waals surface area contributed by atoms with E-state index < -0.39 is 23.9 Å². The first-order chi connectivity index (χ1) is 8.04. The van der Waals surface area contributed by atoms with Gasteiger partial charge in [-0.1, -0.05) is 5.16 Å². The lowest BCUT2D eigenvalue weighted by atomic mass is 10.1. The Morgan fingerprint density at radius 1 is 1.53 bits per heavy atom. The van der Waals surface area contributed by atoms with Crippen molar-refractivity contribution in [2.24, 2.45) is 0 Å². The van der Waals surface area contributed by atoms with E-state index in [1.807, 2.05) is 0 Å². The molecular formula is C9H9N3O5. The summed E-state index contributed by atoms with van der Waals surface area (Å²) in [5.41, 5.74) is 0.275. The average molecular weight is 239 g/mol. The van der Waals surface area contributed by atoms with Crippen molar-refractivity contribution >= 4 is 17.9 Å². The van der Waals surface area contributed by atoms with Crippen LogP contribution in [0.4, 0.5) is 4.79 Å². The molecule has 0 saturated carbocycles. The van der Waals surface area contributed by atoms with E-state index in [0.29, 0.717) is 5.76 Å². The first-order valence-corrected chi connectivity index (χ1v) is 4.82. The topological polar surface area (TPSA) is 122 Å². The minimum atomic E-state index is -1.02. The summed E-state index contributed by atoms with van der Waals surface area (Å²) in [7, 11) is 0. The fraction of sp³-hybridized carbons (Fsp3) is 0.333. The zero-order valence-corrected chi connectivity index (χ0v) is 8.60. The van der Waals surface area contributed by atoms with Gasteiger partial charge in [-0.2, -0.15) is 0 Å². The molecule has 8 nitrogen and oxygen atoms in total. The van der Waals surface area contributed by atoms with Crippen molar-refractivity contribution in [1.82, 2.24) is 15.8 Å². The second-order valence-corrected chi connectivity index (χ2v) is 3.57. The fourth-order valence-electron chi connectivity index (χ4n) is 1.49. The van der Waals surface area contributed by atoms with Crippen molar-refractivity contribution in [3.63, 3.8) is 0 Å². The van der Waals surface area contributed by atoms with E-state index in [4.69, 9.17) is 9.63 Å². The Morgan fingerprint density at radius 3 is 2.88 bits per heavy atom. The van der Waals surface area contributed by atoms with E-state index >= 15 is 0 Å². The molecule has 1 fully saturated rings. The summed E-state index contributed by atoms with van der Waals surface area (Å²) in [6.45, 7) is 0. The smallest absolute Gasteiger partial charge is 0.322 e. The largest absolute Gasteiger partial charge is 0.481 e. The van der Waals surface area contributed by atoms with Crippen LogP contribution in [0, 0.1) is 0 Å². The molecule has 8 heteroatoms. The molecule has 0 radical (unpaired) electrons. The second-order valence-electron chi connectivity index (χ2n) is 3.57. The number of hydrogen-bond acceptors (Lipinski definition) is 5. The minimum absolute atomic E-state index is 0.143. The number of amides is 3. The predicted molar refractivity (Wildman–Crippen MR) is 52.0 cm³/mol. The van der Waals surface area contributed by atoms with E-state index in [9.17, 15) is 14.4 Å². The van der Waals surface area contributed by atoms with Crippen LogP contribution in [-0.2, 0) is 22.4 Å². The molecule has 1 atom stereocenters. The third-order valence-corrected chi connectivity index (χ3v) is 2.20. The SMILES string of the molecule is O=C(O)Cc1cc(C[C@@H]2NC(=O)NC2=O)on1. The number of hydrogen-bond donors (Lipinski definition) is 3. The highest BCUT2D eigenvalue weighted by molar-refractivity contribution is 6.04. The zero-order valence-electron chi connectivity index (χ0n) is 8.60. The number of carbonyl (C=O) groups is 3. The second kappa shape index (κ2) is 4.24. The van der Waals surface area contributed by atoms with E-state index in [0.717, 1.165) is 0 Å². The van der Waals surface area contributed by atoms with Crippen molar-refractivity contribution in [2.75, 3.05) is 0 Å². The molecule has 3 N–H and O–H groups in total. The van der Waals surface area contributed by atoms with Crippen LogP contribution in [-0.4, -0.2) is 34.2 Å². The van der Waals surface area contributed by atoms with Crippen LogP contribution in [0.3, 0.4) is 0 Å². The maximum Gasteiger partial charge on any atom is 0.322 e. The van der Waals surface area contributed by atoms with E-state index in [1.165, 1.54) is 6.07 Å². The number of nitrogens with one attached hydrogen (secondary N) is 2. The third-order valence-electron chi connectivity index (χ3n) is 2.20. The summed E-state index contributed by atoms with van der Waals surface area (Å²) >= 11 is 0. The quantitative estimate of drug-likeness (QED) is 0.582. The Kier molecular flexibility index (Phi) is 2.77. The Bertz CT molecular complexity index is 481. The molecule has 0 aromatic carbocycles. The monoisotopic (exact) mass is 239 g/mol. The fourth-order valence-corrected chi connectivity index (χ4v) is 1.49. The molecule has 1 aliphatic rings. The number of aliphatic carboxylic acids is 1. The van der Waals surface area contributed by atoms with Gasteiger partial charge in [-0.05, 0) is 0 Å². The van der Waals surface area contributed by atoms with Gasteiger partial charge in [-0.3, -0.25) is 14.9 Å². The molecule has 0 bridgehead atoms. The maximum atomic E-state index is 11.2. The van der Waals surface area contributed by atoms with Crippen LogP contribution in [0.5, 0.6) is 0 Å². The van der Waals surface area contributed by atoms with Gasteiger partial charge < -0.3 is 14.9 Å². The molecule has 1 aromatic rings. The molecule has 3 amide bonds. The van der Waals surface area contributed by atoms with Gasteiger partial charge in [0.15, 0.2) is 0 Å². The highest BCUT2D eigenvalue weighted by Gasteiger charge is 2.30. The van der Waals surface area contributed by atoms with Gasteiger partial charge >= 0.3 is 12.0 Å². The van der Waals surface area contributed by atoms with Crippen molar-refractivity contribution in [1.29, 1.82) is 0 Å². The number of nitrogens with zero attached hydrogens (tertiary/aromatic N) is 1. The van der Waals surface area contributed by atoms with Gasteiger partial charge in [-0.15, -0.1) is 0 Å². The minimum Gasteiger partial charge on any atom is -0.481 e. The van der Waals surface area contributed by atoms with E-state index in [2.05, 4.69) is 15.8 Å². The summed E-state index contributed by atoms with van der Waals surface area (Å²) in [5.74, 6) is -1.11. The van der Waals surface area contributed by atoms with Crippen molar-refractivity contribution in [3.05, 3.63) is 17.5 Å². The summed E-state index contributed by atoms with van der Waals surface area (Å²) in [5, 5.41) is 16.6. The molecule has 17 heavy (non-hydrogen) atoms. The van der Waals surface area contributed by atoms with Gasteiger partial charge in [0, 0.05) is 12.5 Å². The number of carboxylic acids is 1. The van der Waals surface area contributed by atoms with Gasteiger partial charge in [0.1, 0.15) is 11.8 Å². The predicted octanol–water partition coefficient (Wildman–Crippen LogP) is -0.948. The lowest BCUT2D eigenvalue weighted by Gasteiger charge is -2.02. The number of carboxylic acid groups (broad SMARTS) is 1. The number of urea groups is 1. The molecule has 0 aliphatic carbocycles. The molecule has 1 aliphatic heterocycles. The van der Waals surface area contributed by atoms with E-state index in [1.54, 1.807) is 0 Å². The number of aromatic nitrogens is 1. The molecule has 1 saturated heterocycles. The van der Waals surface area contributed by atoms with Crippen LogP contribution in [0.1, 0.15) is 11.5 Å². The zero-order chi connectivity index (χ0) is 12.4. The van der Waals surface area contributed by atoms with Gasteiger partial charge in [0.2, 0.25) is 0 Å². The van der Waals surface area contributed by atoms with Crippen molar-refractivity contribution < 1.29 is 24.0 Å². The first-order valence-electron chi connectivity index (χ1n) is 4.82. The molecule has 90 valence electrons. The average Bonchev–Trinajstić information content (AvgIpc) is 2.74. The summed E-state index contributed by atoms with van der Waals surface area (Å²) in [4.78, 5) is 32.5. The highest BCUT2D eigenvalue weighted by atomic mass is 16.5. The van der Waals surface area contributed by atoms with Gasteiger partial charge in [0.25, 0.3) is 5.91 Å². The Morgan fingerprint density at radius 2 is 2.29 bits per heavy atom. The summed E-state index contributed by atoms with van der Waals surface area (Å²) in [6.07, 6.45) is -0.100. The van der Waals surface area contributed by atoms with Crippen molar-refractivity contribution in [2.45, 2.75) is 18.9 Å². The first kappa shape index (κ1) is 11.1. The van der Waals surface area contributed by atoms with Crippen molar-refractivity contribution in [3.8, 4) is 0 Å². The van der Waals surface area contributed by atoms with Crippen LogP contribution < -0.4 is 10.6 Å². The standard InChI is InChI=1S/C9H9N3O5/c13-7(14)2-4-1-5(17-12-4)3-6-8(15)11-9(16)10-6/h1,6H,2-3H2,(H,13,14)(H2,10,11,15,16)/t6-/m0/s1. The molecule has 2 rings (SSSR count). The number of rotatable bonds is 4. The van der Waals surface area contributed by atoms with Gasteiger partial charge in [-0.25, -0.2) is 4.79 Å². The molecular weight excluding hydrogens is 230 g/mol. The lowest BCUT2D eigenvalue weighted by molar-refractivity contribution is -0.136.